The van der Waals surface area contributed by atoms with Crippen LogP contribution in [0.15, 0.2) is 84.0 Å². The number of nitro groups is 1. The van der Waals surface area contributed by atoms with Gasteiger partial charge in [-0.05, 0) is 61.0 Å². The predicted octanol–water partition coefficient (Wildman–Crippen LogP) is 6.80. The number of nitrogens with zero attached hydrogens (tertiary/aromatic N) is 2. The van der Waals surface area contributed by atoms with Crippen molar-refractivity contribution >= 4 is 46.3 Å². The van der Waals surface area contributed by atoms with Crippen molar-refractivity contribution in [1.29, 1.82) is 0 Å². The quantitative estimate of drug-likeness (QED) is 0.0524. The van der Waals surface area contributed by atoms with Gasteiger partial charge >= 0.3 is 5.97 Å². The Morgan fingerprint density at radius 1 is 0.957 bits per heavy atom. The average molecular weight is 643 g/mol. The third kappa shape index (κ3) is 6.47. The van der Waals surface area contributed by atoms with E-state index < -0.39 is 16.8 Å². The van der Waals surface area contributed by atoms with Gasteiger partial charge in [0.15, 0.2) is 11.5 Å². The Hall–Kier alpha value is -5.88. The highest BCUT2D eigenvalue weighted by atomic mass is 35.5. The number of fused-ring (bicyclic) bond motifs is 1. The van der Waals surface area contributed by atoms with Crippen molar-refractivity contribution in [2.24, 2.45) is 5.10 Å². The zero-order chi connectivity index (χ0) is 32.8. The lowest BCUT2D eigenvalue weighted by molar-refractivity contribution is -0.384. The molecule has 1 heterocycles. The Morgan fingerprint density at radius 3 is 2.33 bits per heavy atom. The molecule has 0 bridgehead atoms. The SMILES string of the molecule is CCOc1cc(C=NNC(=O)c2[nH]c3c(OC)ccc(OC)c3c2-c2ccccc2Cl)ccc1OC(=O)c1ccc([N+](=O)[O-])cc1. The zero-order valence-electron chi connectivity index (χ0n) is 24.8. The maximum atomic E-state index is 13.5. The van der Waals surface area contributed by atoms with Gasteiger partial charge in [-0.1, -0.05) is 29.8 Å². The number of hydrazone groups is 1. The molecule has 0 spiro atoms. The fourth-order valence-corrected chi connectivity index (χ4v) is 4.98. The lowest BCUT2D eigenvalue weighted by atomic mass is 10.0. The Bertz CT molecular complexity index is 1970. The molecule has 0 atom stereocenters. The highest BCUT2D eigenvalue weighted by Gasteiger charge is 2.25. The molecule has 0 unspecified atom stereocenters. The third-order valence-corrected chi connectivity index (χ3v) is 7.18. The number of amides is 1. The summed E-state index contributed by atoms with van der Waals surface area (Å²) in [5.74, 6) is 0.142. The van der Waals surface area contributed by atoms with Crippen LogP contribution in [0.25, 0.3) is 22.0 Å². The minimum absolute atomic E-state index is 0.129. The topological polar surface area (TPSA) is 154 Å². The summed E-state index contributed by atoms with van der Waals surface area (Å²) in [6.45, 7) is 2.04. The number of halogens is 1. The summed E-state index contributed by atoms with van der Waals surface area (Å²) in [7, 11) is 3.06. The highest BCUT2D eigenvalue weighted by Crippen LogP contribution is 2.44. The molecule has 234 valence electrons. The van der Waals surface area contributed by atoms with Crippen LogP contribution in [0.1, 0.15) is 33.3 Å². The van der Waals surface area contributed by atoms with E-state index in [4.69, 9.17) is 30.5 Å². The van der Waals surface area contributed by atoms with Crippen LogP contribution in [0.4, 0.5) is 5.69 Å². The first-order chi connectivity index (χ1) is 22.2. The summed E-state index contributed by atoms with van der Waals surface area (Å²) >= 11 is 6.57. The van der Waals surface area contributed by atoms with Gasteiger partial charge in [0.05, 0.1) is 48.4 Å². The van der Waals surface area contributed by atoms with Crippen LogP contribution in [0.5, 0.6) is 23.0 Å². The smallest absolute Gasteiger partial charge is 0.343 e. The molecule has 0 fully saturated rings. The molecule has 0 saturated carbocycles. The van der Waals surface area contributed by atoms with Crippen molar-refractivity contribution in [3.63, 3.8) is 0 Å². The third-order valence-electron chi connectivity index (χ3n) is 6.85. The number of aromatic nitrogens is 1. The second kappa shape index (κ2) is 13.8. The van der Waals surface area contributed by atoms with Gasteiger partial charge in [0, 0.05) is 28.3 Å². The van der Waals surface area contributed by atoms with Crippen LogP contribution < -0.4 is 24.4 Å². The van der Waals surface area contributed by atoms with E-state index in [1.807, 2.05) is 6.07 Å². The molecule has 5 aromatic rings. The Kier molecular flexibility index (Phi) is 9.48. The minimum atomic E-state index is -0.717. The second-order valence-electron chi connectivity index (χ2n) is 9.61. The number of ether oxygens (including phenoxy) is 4. The molecule has 0 radical (unpaired) electrons. The summed E-state index contributed by atoms with van der Waals surface area (Å²) in [6, 6.07) is 20.4. The van der Waals surface area contributed by atoms with E-state index in [-0.39, 0.29) is 35.1 Å². The van der Waals surface area contributed by atoms with Crippen molar-refractivity contribution < 1.29 is 33.5 Å². The predicted molar refractivity (Wildman–Crippen MR) is 173 cm³/mol. The van der Waals surface area contributed by atoms with Gasteiger partial charge in [-0.2, -0.15) is 5.10 Å². The fourth-order valence-electron chi connectivity index (χ4n) is 4.75. The van der Waals surface area contributed by atoms with Crippen LogP contribution in [0.2, 0.25) is 5.02 Å². The minimum Gasteiger partial charge on any atom is -0.496 e. The summed E-state index contributed by atoms with van der Waals surface area (Å²) < 4.78 is 22.3. The Balaban J connectivity index is 1.41. The maximum absolute atomic E-state index is 13.5. The van der Waals surface area contributed by atoms with Gasteiger partial charge in [0.2, 0.25) is 0 Å². The first kappa shape index (κ1) is 31.5. The molecule has 4 aromatic carbocycles. The van der Waals surface area contributed by atoms with Crippen LogP contribution in [-0.4, -0.2) is 48.8 Å². The van der Waals surface area contributed by atoms with Crippen molar-refractivity contribution in [1.82, 2.24) is 10.4 Å². The first-order valence-electron chi connectivity index (χ1n) is 13.8. The molecule has 1 amide bonds. The molecular weight excluding hydrogens is 616 g/mol. The standard InChI is InChI=1S/C33H27ClN4O8/c1-4-45-27-17-19(9-14-24(27)46-33(40)20-10-12-21(13-11-20)38(41)42)18-35-37-32(39)31-28(22-7-5-6-8-23(22)34)29-25(43-2)15-16-26(44-3)30(29)36-31/h5-18,36H,4H2,1-3H3,(H,37,39). The molecule has 13 heteroatoms. The number of carbonyl (C=O) groups is 2. The summed E-state index contributed by atoms with van der Waals surface area (Å²) in [6.07, 6.45) is 1.40. The second-order valence-corrected chi connectivity index (χ2v) is 10.0. The zero-order valence-corrected chi connectivity index (χ0v) is 25.6. The van der Waals surface area contributed by atoms with Gasteiger partial charge in [-0.15, -0.1) is 0 Å². The number of carbonyl (C=O) groups excluding carboxylic acids is 2. The molecule has 5 rings (SSSR count). The van der Waals surface area contributed by atoms with Gasteiger partial charge in [-0.25, -0.2) is 10.2 Å². The molecule has 1 aromatic heterocycles. The van der Waals surface area contributed by atoms with Crippen molar-refractivity contribution in [2.75, 3.05) is 20.8 Å². The number of esters is 1. The van der Waals surface area contributed by atoms with E-state index in [9.17, 15) is 19.7 Å². The fraction of sp³-hybridized carbons (Fsp3) is 0.121. The number of benzene rings is 4. The molecule has 46 heavy (non-hydrogen) atoms. The number of methoxy groups -OCH3 is 2. The number of H-pyrrole nitrogens is 1. The number of nitro benzene ring substituents is 1. The molecule has 0 aliphatic rings. The Morgan fingerprint density at radius 2 is 1.65 bits per heavy atom. The van der Waals surface area contributed by atoms with E-state index in [0.717, 1.165) is 0 Å². The maximum Gasteiger partial charge on any atom is 0.343 e. The van der Waals surface area contributed by atoms with E-state index in [1.165, 1.54) is 50.8 Å². The van der Waals surface area contributed by atoms with Crippen molar-refractivity contribution in [3.05, 3.63) is 111 Å². The van der Waals surface area contributed by atoms with Crippen LogP contribution in [0, 0.1) is 10.1 Å². The lowest BCUT2D eigenvalue weighted by Gasteiger charge is -2.11. The first-order valence-corrected chi connectivity index (χ1v) is 14.2. The van der Waals surface area contributed by atoms with Gasteiger partial charge < -0.3 is 23.9 Å². The summed E-state index contributed by atoms with van der Waals surface area (Å²) in [5.41, 5.74) is 4.92. The molecular formula is C33H27ClN4O8. The van der Waals surface area contributed by atoms with Crippen molar-refractivity contribution in [2.45, 2.75) is 6.92 Å². The van der Waals surface area contributed by atoms with Gasteiger partial charge in [0.1, 0.15) is 17.2 Å². The summed E-state index contributed by atoms with van der Waals surface area (Å²) in [4.78, 5) is 39.7. The molecule has 0 aliphatic carbocycles. The number of nitrogens with one attached hydrogen (secondary N) is 2. The molecule has 0 aliphatic heterocycles. The van der Waals surface area contributed by atoms with E-state index >= 15 is 0 Å². The molecule has 2 N–H and O–H groups in total. The van der Waals surface area contributed by atoms with Gasteiger partial charge in [-0.3, -0.25) is 14.9 Å². The normalized spacial score (nSPS) is 11.0. The number of rotatable bonds is 11. The largest absolute Gasteiger partial charge is 0.496 e. The monoisotopic (exact) mass is 642 g/mol. The number of hydrogen-bond donors (Lipinski definition) is 2. The summed E-state index contributed by atoms with van der Waals surface area (Å²) in [5, 5.41) is 16.1. The number of aromatic amines is 1. The van der Waals surface area contributed by atoms with E-state index in [1.54, 1.807) is 49.4 Å². The van der Waals surface area contributed by atoms with Crippen LogP contribution in [-0.2, 0) is 0 Å². The van der Waals surface area contributed by atoms with Crippen LogP contribution in [0.3, 0.4) is 0 Å². The lowest BCUT2D eigenvalue weighted by Crippen LogP contribution is -2.19. The number of hydrogen-bond acceptors (Lipinski definition) is 9. The Labute approximate surface area is 267 Å². The number of non-ortho nitro benzene ring substituents is 1. The van der Waals surface area contributed by atoms with Crippen LogP contribution >= 0.6 is 11.6 Å². The van der Waals surface area contributed by atoms with E-state index in [0.29, 0.717) is 44.1 Å². The van der Waals surface area contributed by atoms with E-state index in [2.05, 4.69) is 15.5 Å². The van der Waals surface area contributed by atoms with Crippen molar-refractivity contribution in [3.8, 4) is 34.1 Å². The van der Waals surface area contributed by atoms with Gasteiger partial charge in [0.25, 0.3) is 11.6 Å². The highest BCUT2D eigenvalue weighted by molar-refractivity contribution is 6.34. The molecule has 12 nitrogen and oxygen atoms in total. The molecule has 0 saturated heterocycles. The average Bonchev–Trinajstić information content (AvgIpc) is 3.46.